The zero-order chi connectivity index (χ0) is 14.8. The number of hydrogen-bond acceptors (Lipinski definition) is 3. The second-order valence-electron chi connectivity index (χ2n) is 4.67. The van der Waals surface area contributed by atoms with Crippen LogP contribution in [0, 0.1) is 6.92 Å². The molecular formula is C16H13N3OS. The molecule has 4 nitrogen and oxygen atoms in total. The molecule has 0 unspecified atom stereocenters. The van der Waals surface area contributed by atoms with Gasteiger partial charge in [-0.2, -0.15) is 0 Å². The Balaban J connectivity index is 1.94. The zero-order valence-electron chi connectivity index (χ0n) is 11.4. The number of carbonyl (C=O) groups is 1. The van der Waals surface area contributed by atoms with Gasteiger partial charge < -0.3 is 5.32 Å². The molecule has 21 heavy (non-hydrogen) atoms. The molecule has 5 heteroatoms. The number of aromatic nitrogens is 1. The predicted molar refractivity (Wildman–Crippen MR) is 86.6 cm³/mol. The average Bonchev–Trinajstić information content (AvgIpc) is 2.74. The summed E-state index contributed by atoms with van der Waals surface area (Å²) < 4.78 is 0. The molecule has 1 fully saturated rings. The lowest BCUT2D eigenvalue weighted by atomic mass is 10.2. The second-order valence-corrected chi connectivity index (χ2v) is 5.05. The smallest absolute Gasteiger partial charge is 0.281 e. The van der Waals surface area contributed by atoms with Crippen molar-refractivity contribution in [3.8, 4) is 0 Å². The fourth-order valence-corrected chi connectivity index (χ4v) is 2.44. The Kier molecular flexibility index (Phi) is 3.50. The van der Waals surface area contributed by atoms with E-state index in [4.69, 9.17) is 12.2 Å². The largest absolute Gasteiger partial charge is 0.327 e. The van der Waals surface area contributed by atoms with Crippen LogP contribution in [0.15, 0.2) is 54.2 Å². The van der Waals surface area contributed by atoms with Gasteiger partial charge in [-0.05, 0) is 49.5 Å². The van der Waals surface area contributed by atoms with Gasteiger partial charge in [0.1, 0.15) is 5.70 Å². The summed E-state index contributed by atoms with van der Waals surface area (Å²) in [6.45, 7) is 1.91. The Morgan fingerprint density at radius 3 is 2.62 bits per heavy atom. The number of pyridine rings is 1. The summed E-state index contributed by atoms with van der Waals surface area (Å²) in [5, 5.41) is 3.33. The predicted octanol–water partition coefficient (Wildman–Crippen LogP) is 2.65. The normalized spacial score (nSPS) is 16.4. The lowest BCUT2D eigenvalue weighted by Crippen LogP contribution is -2.30. The molecule has 0 aliphatic carbocycles. The van der Waals surface area contributed by atoms with Gasteiger partial charge in [-0.15, -0.1) is 0 Å². The van der Waals surface area contributed by atoms with Crippen LogP contribution < -0.4 is 10.2 Å². The van der Waals surface area contributed by atoms with E-state index in [9.17, 15) is 4.79 Å². The van der Waals surface area contributed by atoms with Gasteiger partial charge in [0, 0.05) is 5.69 Å². The third kappa shape index (κ3) is 2.68. The number of benzene rings is 1. The molecule has 0 bridgehead atoms. The molecule has 0 atom stereocenters. The van der Waals surface area contributed by atoms with E-state index in [0.29, 0.717) is 10.8 Å². The summed E-state index contributed by atoms with van der Waals surface area (Å²) in [6.07, 6.45) is 1.71. The highest BCUT2D eigenvalue weighted by Crippen LogP contribution is 2.21. The summed E-state index contributed by atoms with van der Waals surface area (Å²) in [5.74, 6) is -0.172. The highest BCUT2D eigenvalue weighted by molar-refractivity contribution is 7.80. The van der Waals surface area contributed by atoms with Crippen molar-refractivity contribution >= 4 is 35.0 Å². The molecule has 1 aliphatic heterocycles. The first kappa shape index (κ1) is 13.5. The minimum atomic E-state index is -0.172. The highest BCUT2D eigenvalue weighted by Gasteiger charge is 2.31. The molecule has 1 aromatic heterocycles. The number of aryl methyl sites for hydroxylation is 1. The standard InChI is InChI=1S/C16H13N3OS/c1-11-6-5-7-12(17-11)10-14-15(20)19(16(21)18-14)13-8-3-2-4-9-13/h2-10H,1H3,(H,18,21). The van der Waals surface area contributed by atoms with Crippen LogP contribution >= 0.6 is 12.2 Å². The van der Waals surface area contributed by atoms with Gasteiger partial charge in [0.05, 0.1) is 11.4 Å². The molecule has 1 saturated heterocycles. The van der Waals surface area contributed by atoms with E-state index in [-0.39, 0.29) is 5.91 Å². The average molecular weight is 295 g/mol. The number of anilines is 1. The molecule has 1 N–H and O–H groups in total. The number of nitrogens with zero attached hydrogens (tertiary/aromatic N) is 2. The molecule has 2 heterocycles. The van der Waals surface area contributed by atoms with Crippen LogP contribution in [0.5, 0.6) is 0 Å². The summed E-state index contributed by atoms with van der Waals surface area (Å²) >= 11 is 5.25. The van der Waals surface area contributed by atoms with Crippen LogP contribution in [0.25, 0.3) is 6.08 Å². The Morgan fingerprint density at radius 1 is 1.14 bits per heavy atom. The summed E-state index contributed by atoms with van der Waals surface area (Å²) in [5.41, 5.74) is 2.81. The third-order valence-electron chi connectivity index (χ3n) is 3.09. The summed E-state index contributed by atoms with van der Waals surface area (Å²) in [6, 6.07) is 15.0. The van der Waals surface area contributed by atoms with Crippen LogP contribution in [-0.4, -0.2) is 16.0 Å². The van der Waals surface area contributed by atoms with Crippen LogP contribution in [0.2, 0.25) is 0 Å². The fourth-order valence-electron chi connectivity index (χ4n) is 2.14. The minimum absolute atomic E-state index is 0.172. The Bertz CT molecular complexity index is 740. The summed E-state index contributed by atoms with van der Waals surface area (Å²) in [7, 11) is 0. The lowest BCUT2D eigenvalue weighted by molar-refractivity contribution is -0.113. The van der Waals surface area contributed by atoms with Crippen LogP contribution in [0.3, 0.4) is 0 Å². The molecule has 0 saturated carbocycles. The van der Waals surface area contributed by atoms with Crippen molar-refractivity contribution in [3.63, 3.8) is 0 Å². The van der Waals surface area contributed by atoms with Gasteiger partial charge in [0.25, 0.3) is 5.91 Å². The molecule has 0 radical (unpaired) electrons. The topological polar surface area (TPSA) is 45.2 Å². The Morgan fingerprint density at radius 2 is 1.90 bits per heavy atom. The Labute approximate surface area is 128 Å². The first-order valence-electron chi connectivity index (χ1n) is 6.51. The maximum atomic E-state index is 12.5. The van der Waals surface area contributed by atoms with Crippen molar-refractivity contribution < 1.29 is 4.79 Å². The van der Waals surface area contributed by atoms with Gasteiger partial charge in [-0.25, -0.2) is 0 Å². The maximum absolute atomic E-state index is 12.5. The van der Waals surface area contributed by atoms with Gasteiger partial charge in [-0.3, -0.25) is 14.7 Å². The number of hydrogen-bond donors (Lipinski definition) is 1. The van der Waals surface area contributed by atoms with E-state index in [1.54, 1.807) is 6.08 Å². The molecule has 1 aromatic carbocycles. The number of para-hydroxylation sites is 1. The van der Waals surface area contributed by atoms with Gasteiger partial charge in [0.15, 0.2) is 5.11 Å². The molecule has 104 valence electrons. The van der Waals surface area contributed by atoms with E-state index in [1.165, 1.54) is 4.90 Å². The maximum Gasteiger partial charge on any atom is 0.281 e. The molecular weight excluding hydrogens is 282 g/mol. The first-order chi connectivity index (χ1) is 10.1. The number of amides is 1. The number of thiocarbonyl (C=S) groups is 1. The Hall–Kier alpha value is -2.53. The van der Waals surface area contributed by atoms with Crippen molar-refractivity contribution in [2.45, 2.75) is 6.92 Å². The van der Waals surface area contributed by atoms with Crippen LogP contribution in [0.4, 0.5) is 5.69 Å². The fraction of sp³-hybridized carbons (Fsp3) is 0.0625. The van der Waals surface area contributed by atoms with Crippen molar-refractivity contribution in [1.29, 1.82) is 0 Å². The van der Waals surface area contributed by atoms with Gasteiger partial charge in [-0.1, -0.05) is 24.3 Å². The van der Waals surface area contributed by atoms with Crippen molar-refractivity contribution in [3.05, 3.63) is 65.6 Å². The van der Waals surface area contributed by atoms with E-state index >= 15 is 0 Å². The van der Waals surface area contributed by atoms with Gasteiger partial charge >= 0.3 is 0 Å². The van der Waals surface area contributed by atoms with Gasteiger partial charge in [0.2, 0.25) is 0 Å². The highest BCUT2D eigenvalue weighted by atomic mass is 32.1. The van der Waals surface area contributed by atoms with Crippen LogP contribution in [0.1, 0.15) is 11.4 Å². The van der Waals surface area contributed by atoms with Crippen molar-refractivity contribution in [2.75, 3.05) is 4.90 Å². The lowest BCUT2D eigenvalue weighted by Gasteiger charge is -2.13. The molecule has 0 spiro atoms. The minimum Gasteiger partial charge on any atom is -0.327 e. The SMILES string of the molecule is Cc1cccc(C=C2NC(=S)N(c3ccccc3)C2=O)n1. The molecule has 1 aliphatic rings. The van der Waals surface area contributed by atoms with Crippen molar-refractivity contribution in [1.82, 2.24) is 10.3 Å². The van der Waals surface area contributed by atoms with E-state index < -0.39 is 0 Å². The first-order valence-corrected chi connectivity index (χ1v) is 6.92. The number of carbonyl (C=O) groups excluding carboxylic acids is 1. The molecule has 1 amide bonds. The van der Waals surface area contributed by atoms with E-state index in [0.717, 1.165) is 17.1 Å². The van der Waals surface area contributed by atoms with Crippen molar-refractivity contribution in [2.24, 2.45) is 0 Å². The van der Waals surface area contributed by atoms with E-state index in [2.05, 4.69) is 10.3 Å². The second kappa shape index (κ2) is 5.46. The third-order valence-corrected chi connectivity index (χ3v) is 3.38. The molecule has 3 rings (SSSR count). The van der Waals surface area contributed by atoms with E-state index in [1.807, 2.05) is 55.5 Å². The number of nitrogens with one attached hydrogen (secondary N) is 1. The summed E-state index contributed by atoms with van der Waals surface area (Å²) in [4.78, 5) is 18.3. The van der Waals surface area contributed by atoms with Crippen LogP contribution in [-0.2, 0) is 4.79 Å². The number of rotatable bonds is 2. The molecule has 2 aromatic rings. The monoisotopic (exact) mass is 295 g/mol. The quantitative estimate of drug-likeness (QED) is 0.683. The zero-order valence-corrected chi connectivity index (χ0v) is 12.2.